The molecule has 0 radical (unpaired) electrons. The summed E-state index contributed by atoms with van der Waals surface area (Å²) in [6.45, 7) is 10.3. The first-order valence-corrected chi connectivity index (χ1v) is 9.87. The van der Waals surface area contributed by atoms with Gasteiger partial charge < -0.3 is 9.64 Å². The first-order chi connectivity index (χ1) is 12.1. The molecular weight excluding hydrogens is 314 g/mol. The van der Waals surface area contributed by atoms with Crippen molar-refractivity contribution in [2.45, 2.75) is 79.1 Å². The third-order valence-electron chi connectivity index (χ3n) is 3.99. The summed E-state index contributed by atoms with van der Waals surface area (Å²) >= 11 is 0. The van der Waals surface area contributed by atoms with Crippen molar-refractivity contribution in [3.8, 4) is 0 Å². The number of nitrogens with zero attached hydrogens (tertiary/aromatic N) is 1. The molecule has 0 saturated carbocycles. The fraction of sp³-hybridized carbons (Fsp3) is 0.714. The third-order valence-corrected chi connectivity index (χ3v) is 3.99. The second-order valence-corrected chi connectivity index (χ2v) is 6.42. The molecule has 25 heavy (non-hydrogen) atoms. The van der Waals surface area contributed by atoms with Gasteiger partial charge in [-0.25, -0.2) is 4.79 Å². The van der Waals surface area contributed by atoms with Gasteiger partial charge in [-0.05, 0) is 44.5 Å². The summed E-state index contributed by atoms with van der Waals surface area (Å²) in [7, 11) is 0. The number of ether oxygens (including phenoxy) is 1. The monoisotopic (exact) mass is 351 g/mol. The number of ketones is 1. The molecule has 0 fully saturated rings. The smallest absolute Gasteiger partial charge is 0.341 e. The standard InChI is InChI=1S/C21H37NO3/c1-5-8-11-12-18-25-21(24)20(19(4)23)14-13-17-22(15-9-6-2)16-10-7-3/h13-14,17H,5-12,15-16,18H2,1-4H3/b17-13+,20-14+. The summed E-state index contributed by atoms with van der Waals surface area (Å²) < 4.78 is 5.22. The Kier molecular flexibility index (Phi) is 14.9. The lowest BCUT2D eigenvalue weighted by molar-refractivity contribution is -0.140. The van der Waals surface area contributed by atoms with Crippen LogP contribution in [0, 0.1) is 0 Å². The van der Waals surface area contributed by atoms with Crippen molar-refractivity contribution >= 4 is 11.8 Å². The molecular formula is C21H37NO3. The minimum atomic E-state index is -0.512. The lowest BCUT2D eigenvalue weighted by Crippen LogP contribution is -2.19. The van der Waals surface area contributed by atoms with Gasteiger partial charge in [-0.2, -0.15) is 0 Å². The highest BCUT2D eigenvalue weighted by atomic mass is 16.5. The molecule has 0 amide bonds. The third kappa shape index (κ3) is 12.4. The lowest BCUT2D eigenvalue weighted by Gasteiger charge is -2.19. The van der Waals surface area contributed by atoms with Gasteiger partial charge in [0, 0.05) is 13.1 Å². The van der Waals surface area contributed by atoms with E-state index < -0.39 is 5.97 Å². The highest BCUT2D eigenvalue weighted by Crippen LogP contribution is 2.06. The van der Waals surface area contributed by atoms with Gasteiger partial charge in [0.05, 0.1) is 6.61 Å². The van der Waals surface area contributed by atoms with Crippen molar-refractivity contribution in [3.05, 3.63) is 23.9 Å². The van der Waals surface area contributed by atoms with Gasteiger partial charge in [0.2, 0.25) is 0 Å². The van der Waals surface area contributed by atoms with Crippen LogP contribution in [0.1, 0.15) is 79.1 Å². The molecule has 0 rings (SSSR count). The zero-order valence-corrected chi connectivity index (χ0v) is 16.7. The summed E-state index contributed by atoms with van der Waals surface area (Å²) in [4.78, 5) is 26.0. The fourth-order valence-corrected chi connectivity index (χ4v) is 2.34. The van der Waals surface area contributed by atoms with Crippen molar-refractivity contribution in [1.29, 1.82) is 0 Å². The van der Waals surface area contributed by atoms with Gasteiger partial charge >= 0.3 is 5.97 Å². The number of Topliss-reactive ketones (excluding diaryl/α,β-unsaturated/α-hetero) is 1. The van der Waals surface area contributed by atoms with Crippen molar-refractivity contribution < 1.29 is 14.3 Å². The van der Waals surface area contributed by atoms with Crippen molar-refractivity contribution in [1.82, 2.24) is 4.90 Å². The highest BCUT2D eigenvalue weighted by molar-refractivity contribution is 6.16. The molecule has 0 unspecified atom stereocenters. The van der Waals surface area contributed by atoms with E-state index in [-0.39, 0.29) is 11.4 Å². The zero-order valence-electron chi connectivity index (χ0n) is 16.7. The number of hydrogen-bond donors (Lipinski definition) is 0. The van der Waals surface area contributed by atoms with E-state index in [0.717, 1.165) is 64.5 Å². The van der Waals surface area contributed by atoms with E-state index in [1.54, 1.807) is 12.2 Å². The fourth-order valence-electron chi connectivity index (χ4n) is 2.34. The Morgan fingerprint density at radius 3 is 2.00 bits per heavy atom. The lowest BCUT2D eigenvalue weighted by atomic mass is 10.1. The summed E-state index contributed by atoms with van der Waals surface area (Å²) in [5.41, 5.74) is 0.123. The molecule has 0 bridgehead atoms. The van der Waals surface area contributed by atoms with Crippen LogP contribution in [0.3, 0.4) is 0 Å². The molecule has 0 saturated heterocycles. The van der Waals surface area contributed by atoms with E-state index in [1.165, 1.54) is 6.92 Å². The van der Waals surface area contributed by atoms with E-state index in [0.29, 0.717) is 6.61 Å². The molecule has 0 atom stereocenters. The topological polar surface area (TPSA) is 46.6 Å². The molecule has 0 aliphatic carbocycles. The predicted octanol–water partition coefficient (Wildman–Crippen LogP) is 5.04. The molecule has 0 aliphatic rings. The van der Waals surface area contributed by atoms with Gasteiger partial charge in [0.25, 0.3) is 0 Å². The Hall–Kier alpha value is -1.58. The van der Waals surface area contributed by atoms with Gasteiger partial charge in [-0.1, -0.05) is 52.9 Å². The molecule has 0 heterocycles. The van der Waals surface area contributed by atoms with Crippen LogP contribution in [-0.4, -0.2) is 36.3 Å². The molecule has 144 valence electrons. The van der Waals surface area contributed by atoms with Crippen molar-refractivity contribution in [2.24, 2.45) is 0 Å². The molecule has 0 aromatic rings. The summed E-state index contributed by atoms with van der Waals surface area (Å²) in [5.74, 6) is -0.765. The second-order valence-electron chi connectivity index (χ2n) is 6.42. The summed E-state index contributed by atoms with van der Waals surface area (Å²) in [5, 5.41) is 0. The Bertz CT molecular complexity index is 419. The van der Waals surface area contributed by atoms with E-state index in [1.807, 2.05) is 6.20 Å². The Balaban J connectivity index is 4.64. The minimum absolute atomic E-state index is 0.123. The Morgan fingerprint density at radius 2 is 1.48 bits per heavy atom. The first-order valence-electron chi connectivity index (χ1n) is 9.87. The minimum Gasteiger partial charge on any atom is -0.462 e. The zero-order chi connectivity index (χ0) is 18.9. The predicted molar refractivity (Wildman–Crippen MR) is 104 cm³/mol. The number of carbonyl (C=O) groups is 2. The van der Waals surface area contributed by atoms with E-state index >= 15 is 0 Å². The average Bonchev–Trinajstić information content (AvgIpc) is 2.59. The van der Waals surface area contributed by atoms with Crippen LogP contribution in [0.4, 0.5) is 0 Å². The molecule has 0 spiro atoms. The number of esters is 1. The summed E-state index contributed by atoms with van der Waals surface area (Å²) in [6.07, 6.45) is 14.1. The van der Waals surface area contributed by atoms with Crippen molar-refractivity contribution in [3.63, 3.8) is 0 Å². The quantitative estimate of drug-likeness (QED) is 0.104. The van der Waals surface area contributed by atoms with Gasteiger partial charge in [0.15, 0.2) is 5.78 Å². The van der Waals surface area contributed by atoms with Crippen LogP contribution < -0.4 is 0 Å². The maximum absolute atomic E-state index is 12.1. The molecule has 0 N–H and O–H groups in total. The van der Waals surface area contributed by atoms with Crippen LogP contribution in [-0.2, 0) is 14.3 Å². The van der Waals surface area contributed by atoms with E-state index in [9.17, 15) is 9.59 Å². The van der Waals surface area contributed by atoms with Crippen LogP contribution >= 0.6 is 0 Å². The average molecular weight is 352 g/mol. The number of hydrogen-bond acceptors (Lipinski definition) is 4. The van der Waals surface area contributed by atoms with Gasteiger partial charge in [0.1, 0.15) is 5.57 Å². The normalized spacial score (nSPS) is 11.8. The first kappa shape index (κ1) is 23.4. The van der Waals surface area contributed by atoms with Crippen LogP contribution in [0.25, 0.3) is 0 Å². The second kappa shape index (κ2) is 15.9. The number of carbonyl (C=O) groups excluding carboxylic acids is 2. The molecule has 0 aromatic carbocycles. The van der Waals surface area contributed by atoms with Gasteiger partial charge in [-0.3, -0.25) is 4.79 Å². The Labute approximate surface area is 154 Å². The van der Waals surface area contributed by atoms with Crippen LogP contribution in [0.2, 0.25) is 0 Å². The molecule has 0 aromatic heterocycles. The van der Waals surface area contributed by atoms with E-state index in [2.05, 4.69) is 25.7 Å². The maximum atomic E-state index is 12.1. The van der Waals surface area contributed by atoms with Crippen LogP contribution in [0.5, 0.6) is 0 Å². The number of unbranched alkanes of at least 4 members (excludes halogenated alkanes) is 5. The number of allylic oxidation sites excluding steroid dienone is 2. The Morgan fingerprint density at radius 1 is 0.880 bits per heavy atom. The van der Waals surface area contributed by atoms with Gasteiger partial charge in [-0.15, -0.1) is 0 Å². The largest absolute Gasteiger partial charge is 0.462 e. The maximum Gasteiger partial charge on any atom is 0.341 e. The summed E-state index contributed by atoms with van der Waals surface area (Å²) in [6, 6.07) is 0. The van der Waals surface area contributed by atoms with Crippen LogP contribution in [0.15, 0.2) is 23.9 Å². The SMILES string of the molecule is CCCCCCOC(=O)/C(=C/C=C/N(CCCC)CCCC)C(C)=O. The number of rotatable bonds is 15. The van der Waals surface area contributed by atoms with E-state index in [4.69, 9.17) is 4.74 Å². The molecule has 4 nitrogen and oxygen atoms in total. The molecule has 0 aliphatic heterocycles. The highest BCUT2D eigenvalue weighted by Gasteiger charge is 2.14. The molecule has 4 heteroatoms. The van der Waals surface area contributed by atoms with Crippen molar-refractivity contribution in [2.75, 3.05) is 19.7 Å².